The minimum Gasteiger partial charge on any atom is -0.368 e. The van der Waals surface area contributed by atoms with Gasteiger partial charge in [-0.1, -0.05) is 45.0 Å². The van der Waals surface area contributed by atoms with Crippen molar-refractivity contribution in [2.75, 3.05) is 0 Å². The maximum atomic E-state index is 11.6. The topological polar surface area (TPSA) is 68.3 Å². The lowest BCUT2D eigenvalue weighted by Gasteiger charge is -2.28. The molecule has 0 bridgehead atoms. The normalized spacial score (nSPS) is 21.9. The highest BCUT2D eigenvalue weighted by molar-refractivity contribution is 9.10. The molecule has 1 aliphatic heterocycles. The van der Waals surface area contributed by atoms with E-state index in [-0.39, 0.29) is 5.82 Å². The summed E-state index contributed by atoms with van der Waals surface area (Å²) >= 11 is 4.53. The van der Waals surface area contributed by atoms with Crippen molar-refractivity contribution in [3.8, 4) is 0 Å². The van der Waals surface area contributed by atoms with Crippen LogP contribution in [0.15, 0.2) is 43.5 Å². The van der Waals surface area contributed by atoms with E-state index in [0.29, 0.717) is 11.3 Å². The third-order valence-electron chi connectivity index (χ3n) is 2.90. The van der Waals surface area contributed by atoms with E-state index in [4.69, 9.17) is 0 Å². The number of halogens is 1. The van der Waals surface area contributed by atoms with Gasteiger partial charge in [0.05, 0.1) is 0 Å². The van der Waals surface area contributed by atoms with Gasteiger partial charge < -0.3 is 5.11 Å². The smallest absolute Gasteiger partial charge is 0.368 e. The summed E-state index contributed by atoms with van der Waals surface area (Å²) in [4.78, 5) is 10.2. The second-order valence-corrected chi connectivity index (χ2v) is 6.11. The monoisotopic (exact) mass is 340 g/mol. The fraction of sp³-hybridized carbons (Fsp3) is 0.167. The fourth-order valence-electron chi connectivity index (χ4n) is 1.92. The van der Waals surface area contributed by atoms with Crippen LogP contribution >= 0.6 is 27.7 Å². The second kappa shape index (κ2) is 4.36. The number of nitrogens with zero attached hydrogens (tertiary/aromatic N) is 2. The number of hydrogen-bond acceptors (Lipinski definition) is 5. The largest absolute Gasteiger partial charge is 0.446 e. The number of thioether (sulfide) groups is 1. The van der Waals surface area contributed by atoms with Gasteiger partial charge in [0.15, 0.2) is 0 Å². The molecule has 1 aromatic carbocycles. The van der Waals surface area contributed by atoms with E-state index in [1.807, 2.05) is 12.1 Å². The Bertz CT molecular complexity index is 719. The minimum atomic E-state index is -1.42. The molecule has 1 N–H and O–H groups in total. The van der Waals surface area contributed by atoms with Gasteiger partial charge in [0.2, 0.25) is 10.8 Å². The quantitative estimate of drug-likeness (QED) is 0.862. The molecule has 98 valence electrons. The maximum Gasteiger partial charge on any atom is 0.446 e. The Labute approximate surface area is 121 Å². The molecule has 0 fully saturated rings. The highest BCUT2D eigenvalue weighted by atomic mass is 79.9. The van der Waals surface area contributed by atoms with E-state index in [1.54, 1.807) is 24.5 Å². The van der Waals surface area contributed by atoms with Gasteiger partial charge in [-0.2, -0.15) is 0 Å². The van der Waals surface area contributed by atoms with Gasteiger partial charge in [-0.25, -0.2) is 9.36 Å². The first-order valence-corrected chi connectivity index (χ1v) is 7.12. The third-order valence-corrected chi connectivity index (χ3v) is 4.64. The summed E-state index contributed by atoms with van der Waals surface area (Å²) in [6, 6.07) is 7.19. The SMILES string of the molecule is CC1=CS[C@@](O)(c2ccc(Br)cc2)c2noc(=O)n21. The van der Waals surface area contributed by atoms with Gasteiger partial charge >= 0.3 is 5.76 Å². The van der Waals surface area contributed by atoms with Crippen molar-refractivity contribution in [2.45, 2.75) is 11.9 Å². The maximum absolute atomic E-state index is 11.6. The van der Waals surface area contributed by atoms with Crippen LogP contribution in [0.2, 0.25) is 0 Å². The Morgan fingerprint density at radius 1 is 1.42 bits per heavy atom. The van der Waals surface area contributed by atoms with E-state index in [9.17, 15) is 9.90 Å². The van der Waals surface area contributed by atoms with Gasteiger partial charge in [-0.05, 0) is 24.5 Å². The van der Waals surface area contributed by atoms with Crippen molar-refractivity contribution in [3.63, 3.8) is 0 Å². The highest BCUT2D eigenvalue weighted by Gasteiger charge is 2.41. The van der Waals surface area contributed by atoms with Crippen LogP contribution in [0, 0.1) is 0 Å². The average molecular weight is 341 g/mol. The number of hydrogen-bond donors (Lipinski definition) is 1. The van der Waals surface area contributed by atoms with Crippen LogP contribution in [0.25, 0.3) is 5.70 Å². The molecule has 19 heavy (non-hydrogen) atoms. The summed E-state index contributed by atoms with van der Waals surface area (Å²) in [6.07, 6.45) is 0. The first kappa shape index (κ1) is 12.7. The number of aromatic nitrogens is 2. The van der Waals surface area contributed by atoms with Crippen LogP contribution in [0.1, 0.15) is 18.3 Å². The molecule has 1 atom stereocenters. The molecule has 0 saturated carbocycles. The molecule has 0 spiro atoms. The van der Waals surface area contributed by atoms with Crippen LogP contribution in [-0.2, 0) is 4.93 Å². The van der Waals surface area contributed by atoms with Gasteiger partial charge in [0.1, 0.15) is 0 Å². The van der Waals surface area contributed by atoms with Crippen molar-refractivity contribution in [1.82, 2.24) is 9.72 Å². The van der Waals surface area contributed by atoms with E-state index in [1.165, 1.54) is 16.3 Å². The lowest BCUT2D eigenvalue weighted by Crippen LogP contribution is -2.32. The standard InChI is InChI=1S/C12H9BrN2O3S/c1-7-6-19-12(17,8-2-4-9(13)5-3-8)10-14-18-11(16)15(7)10/h2-6,17H,1H3/t12-/m0/s1. The molecular weight excluding hydrogens is 332 g/mol. The van der Waals surface area contributed by atoms with Crippen LogP contribution in [0.3, 0.4) is 0 Å². The highest BCUT2D eigenvalue weighted by Crippen LogP contribution is 2.44. The van der Waals surface area contributed by atoms with Crippen molar-refractivity contribution < 1.29 is 9.63 Å². The molecule has 1 aromatic heterocycles. The number of allylic oxidation sites excluding steroid dienone is 1. The van der Waals surface area contributed by atoms with Crippen LogP contribution in [0.4, 0.5) is 0 Å². The van der Waals surface area contributed by atoms with Crippen LogP contribution < -0.4 is 5.76 Å². The van der Waals surface area contributed by atoms with Crippen LogP contribution in [-0.4, -0.2) is 14.8 Å². The molecule has 2 heterocycles. The van der Waals surface area contributed by atoms with Gasteiger partial charge in [-0.15, -0.1) is 0 Å². The van der Waals surface area contributed by atoms with Crippen molar-refractivity contribution in [1.29, 1.82) is 0 Å². The van der Waals surface area contributed by atoms with E-state index in [2.05, 4.69) is 25.6 Å². The first-order chi connectivity index (χ1) is 9.02. The summed E-state index contributed by atoms with van der Waals surface area (Å²) in [6.45, 7) is 1.76. The Morgan fingerprint density at radius 3 is 2.79 bits per heavy atom. The summed E-state index contributed by atoms with van der Waals surface area (Å²) in [7, 11) is 0. The molecule has 0 aliphatic carbocycles. The molecule has 0 radical (unpaired) electrons. The number of benzene rings is 1. The van der Waals surface area contributed by atoms with E-state index >= 15 is 0 Å². The van der Waals surface area contributed by atoms with E-state index in [0.717, 1.165) is 4.47 Å². The molecular formula is C12H9BrN2O3S. The zero-order valence-electron chi connectivity index (χ0n) is 9.83. The van der Waals surface area contributed by atoms with Crippen molar-refractivity contribution >= 4 is 33.4 Å². The molecule has 3 rings (SSSR count). The van der Waals surface area contributed by atoms with Gasteiger partial charge in [0.25, 0.3) is 0 Å². The average Bonchev–Trinajstić information content (AvgIpc) is 2.79. The number of fused-ring (bicyclic) bond motifs is 1. The molecule has 7 heteroatoms. The third kappa shape index (κ3) is 1.89. The Morgan fingerprint density at radius 2 is 2.11 bits per heavy atom. The number of rotatable bonds is 1. The zero-order chi connectivity index (χ0) is 13.6. The van der Waals surface area contributed by atoms with Crippen LogP contribution in [0.5, 0.6) is 0 Å². The summed E-state index contributed by atoms with van der Waals surface area (Å²) in [5.74, 6) is -0.413. The fourth-order valence-corrected chi connectivity index (χ4v) is 3.14. The number of aliphatic hydroxyl groups is 1. The zero-order valence-corrected chi connectivity index (χ0v) is 12.2. The van der Waals surface area contributed by atoms with E-state index < -0.39 is 10.7 Å². The lowest BCUT2D eigenvalue weighted by molar-refractivity contribution is 0.165. The molecule has 0 amide bonds. The van der Waals surface area contributed by atoms with Crippen molar-refractivity contribution in [3.05, 3.63) is 56.1 Å². The Hall–Kier alpha value is -1.31. The predicted molar refractivity (Wildman–Crippen MR) is 75.4 cm³/mol. The Kier molecular flexibility index (Phi) is 2.92. The minimum absolute atomic E-state index is 0.185. The first-order valence-electron chi connectivity index (χ1n) is 5.45. The van der Waals surface area contributed by atoms with Gasteiger partial charge in [-0.3, -0.25) is 4.52 Å². The summed E-state index contributed by atoms with van der Waals surface area (Å²) < 4.78 is 6.85. The molecule has 0 saturated heterocycles. The van der Waals surface area contributed by atoms with Gasteiger partial charge in [0, 0.05) is 15.7 Å². The lowest BCUT2D eigenvalue weighted by atomic mass is 10.1. The Balaban J connectivity index is 2.21. The molecule has 5 nitrogen and oxygen atoms in total. The molecule has 2 aromatic rings. The molecule has 1 aliphatic rings. The van der Waals surface area contributed by atoms with Crippen molar-refractivity contribution in [2.24, 2.45) is 0 Å². The predicted octanol–water partition coefficient (Wildman–Crippen LogP) is 2.36. The second-order valence-electron chi connectivity index (χ2n) is 4.14. The molecule has 0 unspecified atom stereocenters. The summed E-state index contributed by atoms with van der Waals surface area (Å²) in [5, 5.41) is 16.3. The summed E-state index contributed by atoms with van der Waals surface area (Å²) in [5.41, 5.74) is 1.31.